The molecular weight excluding hydrogens is 528 g/mol. The molecule has 1 aromatic heterocycles. The van der Waals surface area contributed by atoms with Crippen LogP contribution >= 0.6 is 11.8 Å². The van der Waals surface area contributed by atoms with Gasteiger partial charge in [0.15, 0.2) is 5.16 Å². The number of esters is 1. The normalized spacial score (nSPS) is 11.2. The van der Waals surface area contributed by atoms with Crippen LogP contribution in [0.4, 0.5) is 5.69 Å². The van der Waals surface area contributed by atoms with Gasteiger partial charge >= 0.3 is 5.97 Å². The first kappa shape index (κ1) is 26.9. The highest BCUT2D eigenvalue weighted by molar-refractivity contribution is 7.99. The Morgan fingerprint density at radius 2 is 1.68 bits per heavy atom. The van der Waals surface area contributed by atoms with Gasteiger partial charge in [-0.3, -0.25) is 9.59 Å². The molecule has 0 aliphatic rings. The molecule has 10 nitrogen and oxygen atoms in total. The van der Waals surface area contributed by atoms with Gasteiger partial charge in [-0.25, -0.2) is 14.6 Å². The number of nitrogens with zero attached hydrogens (tertiary/aromatic N) is 2. The van der Waals surface area contributed by atoms with Crippen LogP contribution in [-0.2, 0) is 19.6 Å². The fourth-order valence-electron chi connectivity index (χ4n) is 3.41. The Hall–Kier alpha value is -4.16. The number of para-hydroxylation sites is 1. The molecule has 0 saturated heterocycles. The minimum atomic E-state index is -4.27. The number of hydrogen-bond donors (Lipinski definition) is 2. The number of amides is 1. The molecule has 0 aliphatic heterocycles. The van der Waals surface area contributed by atoms with Crippen LogP contribution in [0.25, 0.3) is 10.9 Å². The van der Waals surface area contributed by atoms with Crippen LogP contribution < -0.4 is 15.7 Å². The highest BCUT2D eigenvalue weighted by Gasteiger charge is 2.21. The smallest absolute Gasteiger partial charge is 0.338 e. The molecule has 0 spiro atoms. The number of nitrogens with one attached hydrogen (secondary N) is 2. The number of benzene rings is 3. The van der Waals surface area contributed by atoms with Crippen molar-refractivity contribution in [3.05, 3.63) is 94.3 Å². The van der Waals surface area contributed by atoms with Crippen LogP contribution in [0.3, 0.4) is 0 Å². The monoisotopic (exact) mass is 552 g/mol. The van der Waals surface area contributed by atoms with E-state index in [1.54, 1.807) is 37.3 Å². The number of fused-ring (bicyclic) bond motifs is 1. The minimum Gasteiger partial charge on any atom is -0.462 e. The van der Waals surface area contributed by atoms with Gasteiger partial charge in [0.2, 0.25) is 5.91 Å². The first-order valence-electron chi connectivity index (χ1n) is 11.5. The number of rotatable bonds is 9. The van der Waals surface area contributed by atoms with E-state index in [4.69, 9.17) is 4.74 Å². The van der Waals surface area contributed by atoms with E-state index in [0.29, 0.717) is 11.2 Å². The Kier molecular flexibility index (Phi) is 8.13. The van der Waals surface area contributed by atoms with E-state index >= 15 is 0 Å². The highest BCUT2D eigenvalue weighted by atomic mass is 32.2. The molecule has 4 rings (SSSR count). The summed E-state index contributed by atoms with van der Waals surface area (Å²) in [6, 6.07) is 18.9. The van der Waals surface area contributed by atoms with Crippen molar-refractivity contribution in [3.8, 4) is 0 Å². The van der Waals surface area contributed by atoms with E-state index in [9.17, 15) is 22.8 Å². The predicted molar refractivity (Wildman–Crippen MR) is 145 cm³/mol. The SMILES string of the molecule is CCOC(=O)c1ccc(S(=O)(=O)Nn2c(SCC(=O)Nc3ccc(C)cc3)nc3ccccc3c2=O)cc1. The molecule has 0 radical (unpaired) electrons. The molecule has 4 aromatic rings. The number of carbonyl (C=O) groups excluding carboxylic acids is 2. The van der Waals surface area contributed by atoms with Gasteiger partial charge in [-0.1, -0.05) is 41.6 Å². The second kappa shape index (κ2) is 11.5. The zero-order chi connectivity index (χ0) is 27.3. The number of ether oxygens (including phenoxy) is 1. The van der Waals surface area contributed by atoms with Crippen LogP contribution in [-0.4, -0.2) is 42.3 Å². The predicted octanol–water partition coefficient (Wildman–Crippen LogP) is 3.54. The zero-order valence-electron chi connectivity index (χ0n) is 20.5. The molecule has 0 saturated carbocycles. The molecule has 2 N–H and O–H groups in total. The lowest BCUT2D eigenvalue weighted by atomic mass is 10.2. The maximum Gasteiger partial charge on any atom is 0.338 e. The summed E-state index contributed by atoms with van der Waals surface area (Å²) in [6.45, 7) is 3.78. The average molecular weight is 553 g/mol. The molecular formula is C26H24N4O6S2. The maximum atomic E-state index is 13.3. The Balaban J connectivity index is 1.61. The van der Waals surface area contributed by atoms with Crippen LogP contribution in [0.5, 0.6) is 0 Å². The number of thioether (sulfide) groups is 1. The van der Waals surface area contributed by atoms with Gasteiger partial charge in [0.05, 0.1) is 33.7 Å². The molecule has 3 aromatic carbocycles. The van der Waals surface area contributed by atoms with E-state index in [0.717, 1.165) is 22.0 Å². The Morgan fingerprint density at radius 3 is 2.37 bits per heavy atom. The van der Waals surface area contributed by atoms with Crippen LogP contribution in [0.2, 0.25) is 0 Å². The molecule has 0 atom stereocenters. The van der Waals surface area contributed by atoms with Gasteiger partial charge in [0.1, 0.15) is 0 Å². The molecule has 12 heteroatoms. The number of anilines is 1. The number of sulfonamides is 1. The summed E-state index contributed by atoms with van der Waals surface area (Å²) in [7, 11) is -4.27. The summed E-state index contributed by atoms with van der Waals surface area (Å²) in [4.78, 5) is 44.2. The standard InChI is InChI=1S/C26H24N4O6S2/c1-3-36-25(33)18-10-14-20(15-11-18)38(34,35)29-30-24(32)21-6-4-5-7-22(21)28-26(30)37-16-23(31)27-19-12-8-17(2)9-13-19/h4-15,29H,3,16H2,1-2H3,(H,27,31). The van der Waals surface area contributed by atoms with Crippen LogP contribution in [0, 0.1) is 6.92 Å². The molecule has 196 valence electrons. The van der Waals surface area contributed by atoms with Crippen molar-refractivity contribution in [2.75, 3.05) is 22.5 Å². The lowest BCUT2D eigenvalue weighted by Crippen LogP contribution is -2.35. The molecule has 38 heavy (non-hydrogen) atoms. The van der Waals surface area contributed by atoms with Gasteiger partial charge < -0.3 is 10.1 Å². The van der Waals surface area contributed by atoms with Gasteiger partial charge in [0.25, 0.3) is 15.6 Å². The van der Waals surface area contributed by atoms with Crippen molar-refractivity contribution in [1.29, 1.82) is 0 Å². The highest BCUT2D eigenvalue weighted by Crippen LogP contribution is 2.20. The number of hydrogen-bond acceptors (Lipinski definition) is 8. The Labute approximate surface area is 223 Å². The van der Waals surface area contributed by atoms with Crippen molar-refractivity contribution in [1.82, 2.24) is 9.66 Å². The van der Waals surface area contributed by atoms with Crippen molar-refractivity contribution in [2.24, 2.45) is 0 Å². The van der Waals surface area contributed by atoms with Gasteiger partial charge in [-0.2, -0.15) is 13.1 Å². The van der Waals surface area contributed by atoms with Gasteiger partial charge in [-0.05, 0) is 62.4 Å². The van der Waals surface area contributed by atoms with E-state index in [-0.39, 0.29) is 39.3 Å². The second-order valence-corrected chi connectivity index (χ2v) is 10.7. The average Bonchev–Trinajstić information content (AvgIpc) is 2.91. The first-order valence-corrected chi connectivity index (χ1v) is 14.0. The third kappa shape index (κ3) is 6.21. The molecule has 1 amide bonds. The molecule has 0 aliphatic carbocycles. The zero-order valence-corrected chi connectivity index (χ0v) is 22.1. The third-order valence-electron chi connectivity index (χ3n) is 5.30. The molecule has 0 fully saturated rings. The molecule has 1 heterocycles. The lowest BCUT2D eigenvalue weighted by Gasteiger charge is -2.15. The van der Waals surface area contributed by atoms with E-state index in [2.05, 4.69) is 15.1 Å². The van der Waals surface area contributed by atoms with Crippen molar-refractivity contribution in [2.45, 2.75) is 23.9 Å². The van der Waals surface area contributed by atoms with Gasteiger partial charge in [-0.15, -0.1) is 0 Å². The first-order chi connectivity index (χ1) is 18.2. The summed E-state index contributed by atoms with van der Waals surface area (Å²) < 4.78 is 32.0. The van der Waals surface area contributed by atoms with E-state index < -0.39 is 21.6 Å². The third-order valence-corrected chi connectivity index (χ3v) is 7.55. The number of carbonyl (C=O) groups is 2. The quantitative estimate of drug-likeness (QED) is 0.183. The summed E-state index contributed by atoms with van der Waals surface area (Å²) in [5.41, 5.74) is 1.55. The fourth-order valence-corrected chi connectivity index (χ4v) is 5.23. The summed E-state index contributed by atoms with van der Waals surface area (Å²) in [6.07, 6.45) is 0. The summed E-state index contributed by atoms with van der Waals surface area (Å²) >= 11 is 0.906. The van der Waals surface area contributed by atoms with Crippen molar-refractivity contribution < 1.29 is 22.7 Å². The molecule has 0 unspecified atom stereocenters. The topological polar surface area (TPSA) is 136 Å². The Morgan fingerprint density at radius 1 is 1.00 bits per heavy atom. The lowest BCUT2D eigenvalue weighted by molar-refractivity contribution is -0.113. The van der Waals surface area contributed by atoms with Crippen LogP contribution in [0.1, 0.15) is 22.8 Å². The summed E-state index contributed by atoms with van der Waals surface area (Å²) in [5.74, 6) is -1.07. The van der Waals surface area contributed by atoms with E-state index in [1.807, 2.05) is 19.1 Å². The Bertz CT molecular complexity index is 1650. The van der Waals surface area contributed by atoms with E-state index in [1.165, 1.54) is 30.3 Å². The number of aromatic nitrogens is 2. The van der Waals surface area contributed by atoms with Crippen LogP contribution in [0.15, 0.2) is 87.6 Å². The summed E-state index contributed by atoms with van der Waals surface area (Å²) in [5, 5.41) is 2.94. The largest absolute Gasteiger partial charge is 0.462 e. The fraction of sp³-hybridized carbons (Fsp3) is 0.154. The maximum absolute atomic E-state index is 13.3. The van der Waals surface area contributed by atoms with Crippen molar-refractivity contribution in [3.63, 3.8) is 0 Å². The van der Waals surface area contributed by atoms with Gasteiger partial charge in [0, 0.05) is 5.69 Å². The number of aryl methyl sites for hydroxylation is 1. The molecule has 0 bridgehead atoms. The van der Waals surface area contributed by atoms with Crippen molar-refractivity contribution >= 4 is 50.3 Å². The minimum absolute atomic E-state index is 0.0144. The second-order valence-electron chi connectivity index (χ2n) is 8.09.